The minimum absolute atomic E-state index is 0.189. The van der Waals surface area contributed by atoms with Crippen molar-refractivity contribution in [3.63, 3.8) is 0 Å². The molecular formula is C2H4N2O2S. The molecule has 7 heavy (non-hydrogen) atoms. The summed E-state index contributed by atoms with van der Waals surface area (Å²) in [7, 11) is -2.42. The largest absolute Gasteiger partial charge is 0.362 e. The van der Waals surface area contributed by atoms with Crippen molar-refractivity contribution in [3.8, 4) is 0 Å². The van der Waals surface area contributed by atoms with E-state index in [1.807, 2.05) is 0 Å². The molecule has 0 atom stereocenters. The second-order valence-corrected chi connectivity index (χ2v) is 1.84. The van der Waals surface area contributed by atoms with Gasteiger partial charge in [-0.05, 0) is 0 Å². The summed E-state index contributed by atoms with van der Waals surface area (Å²) in [5.41, 5.74) is 7.62. The first-order valence-electron chi connectivity index (χ1n) is 1.55. The normalized spacial score (nSPS) is 8.14. The Hall–Kier alpha value is -0.670. The van der Waals surface area contributed by atoms with Gasteiger partial charge >= 0.3 is 0 Å². The molecule has 0 spiro atoms. The number of hydrogen-bond donors (Lipinski definition) is 1. The van der Waals surface area contributed by atoms with E-state index in [1.165, 1.54) is 0 Å². The molecule has 0 bridgehead atoms. The van der Waals surface area contributed by atoms with Gasteiger partial charge in [0.05, 0.1) is 0 Å². The van der Waals surface area contributed by atoms with E-state index in [4.69, 9.17) is 5.53 Å². The fraction of sp³-hybridized carbons (Fsp3) is 0.500. The fourth-order valence-electron chi connectivity index (χ4n) is 0.103. The van der Waals surface area contributed by atoms with Gasteiger partial charge in [0, 0.05) is 0 Å². The molecule has 0 aromatic rings. The molecule has 0 radical (unpaired) electrons. The highest BCUT2D eigenvalue weighted by Crippen LogP contribution is 1.52. The zero-order chi connectivity index (χ0) is 5.70. The predicted molar refractivity (Wildman–Crippen MR) is 24.9 cm³/mol. The second-order valence-electron chi connectivity index (χ2n) is 0.813. The van der Waals surface area contributed by atoms with Crippen LogP contribution in [0.5, 0.6) is 0 Å². The molecule has 0 saturated carbocycles. The average molecular weight is 120 g/mol. The molecule has 0 aliphatic heterocycles. The Morgan fingerprint density at radius 1 is 1.71 bits per heavy atom. The van der Waals surface area contributed by atoms with Crippen LogP contribution in [-0.2, 0) is 10.7 Å². The number of rotatable bonds is 2. The van der Waals surface area contributed by atoms with Gasteiger partial charge in [-0.3, -0.25) is 0 Å². The Bertz CT molecular complexity index is 147. The van der Waals surface area contributed by atoms with Crippen molar-refractivity contribution in [1.82, 2.24) is 0 Å². The summed E-state index contributed by atoms with van der Waals surface area (Å²) in [6.07, 6.45) is 0.908. The monoisotopic (exact) mass is 120 g/mol. The molecular weight excluding hydrogens is 116 g/mol. The second kappa shape index (κ2) is 3.52. The molecule has 40 valence electrons. The van der Waals surface area contributed by atoms with E-state index in [2.05, 4.69) is 4.79 Å². The highest BCUT2D eigenvalue weighted by atomic mass is 32.2. The lowest BCUT2D eigenvalue weighted by atomic mass is 10.9. The van der Waals surface area contributed by atoms with Crippen LogP contribution in [-0.4, -0.2) is 25.2 Å². The van der Waals surface area contributed by atoms with Gasteiger partial charge in [0.1, 0.15) is 5.75 Å². The first-order valence-corrected chi connectivity index (χ1v) is 2.91. The van der Waals surface area contributed by atoms with Gasteiger partial charge in [0.15, 0.2) is 10.7 Å². The van der Waals surface area contributed by atoms with E-state index >= 15 is 0 Å². The summed E-state index contributed by atoms with van der Waals surface area (Å²) in [6.45, 7) is 0. The van der Waals surface area contributed by atoms with Crippen molar-refractivity contribution in [2.24, 2.45) is 0 Å². The van der Waals surface area contributed by atoms with E-state index in [-0.39, 0.29) is 5.75 Å². The van der Waals surface area contributed by atoms with Crippen LogP contribution in [0.15, 0.2) is 0 Å². The van der Waals surface area contributed by atoms with Crippen molar-refractivity contribution in [2.75, 3.05) is 5.75 Å². The van der Waals surface area contributed by atoms with Gasteiger partial charge in [-0.2, -0.15) is 4.79 Å². The number of thiol groups is 1. The van der Waals surface area contributed by atoms with Crippen LogP contribution in [0.2, 0.25) is 0 Å². The van der Waals surface area contributed by atoms with Gasteiger partial charge < -0.3 is 5.53 Å². The van der Waals surface area contributed by atoms with Gasteiger partial charge in [-0.25, -0.2) is 8.42 Å². The minimum atomic E-state index is -2.42. The summed E-state index contributed by atoms with van der Waals surface area (Å²) < 4.78 is 19.2. The van der Waals surface area contributed by atoms with Crippen molar-refractivity contribution >= 4 is 16.9 Å². The topological polar surface area (TPSA) is 70.5 Å². The smallest absolute Gasteiger partial charge is 0.272 e. The van der Waals surface area contributed by atoms with E-state index in [0.29, 0.717) is 0 Å². The minimum Gasteiger partial charge on any atom is -0.362 e. The molecule has 0 aliphatic carbocycles. The van der Waals surface area contributed by atoms with Crippen LogP contribution in [0.4, 0.5) is 0 Å². The Balaban J connectivity index is 3.54. The molecule has 0 aromatic heterocycles. The Kier molecular flexibility index (Phi) is 3.18. The first-order chi connectivity index (χ1) is 3.27. The maximum atomic E-state index is 9.59. The highest BCUT2D eigenvalue weighted by molar-refractivity contribution is 7.73. The zero-order valence-corrected chi connectivity index (χ0v) is 4.34. The molecule has 5 heteroatoms. The average Bonchev–Trinajstić information content (AvgIpc) is 1.61. The Morgan fingerprint density at radius 3 is 2.43 bits per heavy atom. The molecule has 0 aliphatic rings. The quantitative estimate of drug-likeness (QED) is 0.217. The SMILES string of the molecule is [N-]=[N+]=CC[SH](=O)=O. The summed E-state index contributed by atoms with van der Waals surface area (Å²) in [5.74, 6) is -0.189. The maximum Gasteiger partial charge on any atom is 0.272 e. The molecule has 0 saturated heterocycles. The third kappa shape index (κ3) is 5.33. The lowest BCUT2D eigenvalue weighted by Crippen LogP contribution is -1.86. The summed E-state index contributed by atoms with van der Waals surface area (Å²) in [5, 5.41) is 0. The molecule has 0 heterocycles. The van der Waals surface area contributed by atoms with Gasteiger partial charge in [-0.15, -0.1) is 0 Å². The molecule has 4 nitrogen and oxygen atoms in total. The Labute approximate surface area is 42.3 Å². The molecule has 0 aromatic carbocycles. The third-order valence-corrected chi connectivity index (χ3v) is 0.774. The van der Waals surface area contributed by atoms with Crippen LogP contribution in [0.25, 0.3) is 5.53 Å². The number of nitrogens with zero attached hydrogens (tertiary/aromatic N) is 2. The van der Waals surface area contributed by atoms with E-state index in [9.17, 15) is 8.42 Å². The van der Waals surface area contributed by atoms with Gasteiger partial charge in [0.25, 0.3) is 6.21 Å². The van der Waals surface area contributed by atoms with Crippen LogP contribution < -0.4 is 0 Å². The molecule has 0 rings (SSSR count). The standard InChI is InChI=1S/C2H4N2O2S/c3-4-1-2-7(5)6/h1,7H,2H2. The summed E-state index contributed by atoms with van der Waals surface area (Å²) in [4.78, 5) is 2.47. The predicted octanol–water partition coefficient (Wildman–Crippen LogP) is -1.10. The molecule has 0 amide bonds. The Morgan fingerprint density at radius 2 is 2.29 bits per heavy atom. The molecule has 0 fully saturated rings. The first kappa shape index (κ1) is 6.33. The van der Waals surface area contributed by atoms with Crippen LogP contribution in [0, 0.1) is 0 Å². The zero-order valence-electron chi connectivity index (χ0n) is 3.44. The number of hydrogen-bond acceptors (Lipinski definition) is 2. The fourth-order valence-corrected chi connectivity index (χ4v) is 0.310. The highest BCUT2D eigenvalue weighted by Gasteiger charge is 1.81. The maximum absolute atomic E-state index is 9.59. The van der Waals surface area contributed by atoms with Crippen molar-refractivity contribution in [2.45, 2.75) is 0 Å². The van der Waals surface area contributed by atoms with E-state index in [1.54, 1.807) is 0 Å². The molecule has 0 N–H and O–H groups in total. The summed E-state index contributed by atoms with van der Waals surface area (Å²) in [6, 6.07) is 0. The van der Waals surface area contributed by atoms with Crippen LogP contribution >= 0.6 is 0 Å². The van der Waals surface area contributed by atoms with E-state index < -0.39 is 10.7 Å². The summed E-state index contributed by atoms with van der Waals surface area (Å²) >= 11 is 0. The van der Waals surface area contributed by atoms with Gasteiger partial charge in [0.2, 0.25) is 0 Å². The van der Waals surface area contributed by atoms with Crippen molar-refractivity contribution in [1.29, 1.82) is 0 Å². The van der Waals surface area contributed by atoms with E-state index in [0.717, 1.165) is 6.21 Å². The molecule has 0 unspecified atom stereocenters. The lowest BCUT2D eigenvalue weighted by Gasteiger charge is -1.59. The van der Waals surface area contributed by atoms with Crippen LogP contribution in [0.1, 0.15) is 0 Å². The van der Waals surface area contributed by atoms with Crippen LogP contribution in [0.3, 0.4) is 0 Å². The van der Waals surface area contributed by atoms with Crippen molar-refractivity contribution in [3.05, 3.63) is 5.53 Å². The lowest BCUT2D eigenvalue weighted by molar-refractivity contribution is 0.00327. The van der Waals surface area contributed by atoms with Gasteiger partial charge in [-0.1, -0.05) is 0 Å². The van der Waals surface area contributed by atoms with Crippen molar-refractivity contribution < 1.29 is 13.2 Å². The third-order valence-electron chi connectivity index (χ3n) is 0.312.